The molecule has 1 rings (SSSR count). The number of rotatable bonds is 8. The van der Waals surface area contributed by atoms with Crippen LogP contribution in [-0.2, 0) is 14.3 Å². The van der Waals surface area contributed by atoms with Gasteiger partial charge in [0.2, 0.25) is 0 Å². The van der Waals surface area contributed by atoms with Crippen LogP contribution in [0.5, 0.6) is 0 Å². The van der Waals surface area contributed by atoms with Crippen molar-refractivity contribution in [3.8, 4) is 0 Å². The van der Waals surface area contributed by atoms with Crippen LogP contribution in [0.15, 0.2) is 53.5 Å². The average Bonchev–Trinajstić information content (AvgIpc) is 2.39. The molecule has 0 amide bonds. The Morgan fingerprint density at radius 3 is 2.55 bits per heavy atom. The summed E-state index contributed by atoms with van der Waals surface area (Å²) < 4.78 is 28.8. The summed E-state index contributed by atoms with van der Waals surface area (Å²) in [6.45, 7) is 7.99. The summed E-state index contributed by atoms with van der Waals surface area (Å²) in [6, 6.07) is 6.62. The van der Waals surface area contributed by atoms with Gasteiger partial charge >= 0.3 is 0 Å². The van der Waals surface area contributed by atoms with Crippen LogP contribution in [0.4, 0.5) is 0 Å². The third-order valence-corrected chi connectivity index (χ3v) is 4.11. The van der Waals surface area contributed by atoms with Crippen LogP contribution in [-0.4, -0.2) is 15.0 Å². The van der Waals surface area contributed by atoms with Gasteiger partial charge in [-0.3, -0.25) is 4.18 Å². The lowest BCUT2D eigenvalue weighted by Crippen LogP contribution is -2.07. The van der Waals surface area contributed by atoms with E-state index in [2.05, 4.69) is 13.5 Å². The molecule has 3 nitrogen and oxygen atoms in total. The number of allylic oxidation sites excluding steroid dienone is 2. The molecule has 0 unspecified atom stereocenters. The van der Waals surface area contributed by atoms with E-state index < -0.39 is 10.1 Å². The maximum absolute atomic E-state index is 11.9. The molecule has 4 heteroatoms. The van der Waals surface area contributed by atoms with Gasteiger partial charge in [0.25, 0.3) is 10.1 Å². The number of hydrogen-bond donors (Lipinski definition) is 0. The van der Waals surface area contributed by atoms with Crippen LogP contribution in [0.2, 0.25) is 0 Å². The normalized spacial score (nSPS) is 11.9. The summed E-state index contributed by atoms with van der Waals surface area (Å²) in [5.74, 6) is 0. The van der Waals surface area contributed by atoms with Crippen molar-refractivity contribution in [1.29, 1.82) is 0 Å². The van der Waals surface area contributed by atoms with Crippen LogP contribution in [0, 0.1) is 6.92 Å². The Morgan fingerprint density at radius 1 is 1.30 bits per heavy atom. The second-order valence-electron chi connectivity index (χ2n) is 4.69. The molecular formula is C16H22O3S. The Labute approximate surface area is 122 Å². The first kappa shape index (κ1) is 16.7. The van der Waals surface area contributed by atoms with E-state index in [1.54, 1.807) is 24.3 Å². The van der Waals surface area contributed by atoms with Crippen molar-refractivity contribution in [2.75, 3.05) is 6.61 Å². The number of benzene rings is 1. The van der Waals surface area contributed by atoms with Crippen LogP contribution in [0.3, 0.4) is 0 Å². The smallest absolute Gasteiger partial charge is 0.266 e. The van der Waals surface area contributed by atoms with E-state index in [9.17, 15) is 8.42 Å². The quantitative estimate of drug-likeness (QED) is 0.537. The second-order valence-corrected chi connectivity index (χ2v) is 6.30. The standard InChI is InChI=1S/C16H22O3S/c1-4-5-6-7-14(2)12-13-19-20(17,18)16-10-8-15(3)9-11-16/h6-11H,2,4-5,12-13H2,1,3H3/b7-6+. The Kier molecular flexibility index (Phi) is 6.68. The van der Waals surface area contributed by atoms with Gasteiger partial charge in [-0.25, -0.2) is 0 Å². The summed E-state index contributed by atoms with van der Waals surface area (Å²) in [5, 5.41) is 0. The topological polar surface area (TPSA) is 43.4 Å². The van der Waals surface area contributed by atoms with Crippen molar-refractivity contribution < 1.29 is 12.6 Å². The molecule has 1 aromatic rings. The maximum Gasteiger partial charge on any atom is 0.296 e. The molecule has 0 bridgehead atoms. The molecule has 0 radical (unpaired) electrons. The van der Waals surface area contributed by atoms with Crippen LogP contribution in [0.25, 0.3) is 0 Å². The van der Waals surface area contributed by atoms with Crippen LogP contribution >= 0.6 is 0 Å². The summed E-state index contributed by atoms with van der Waals surface area (Å²) in [4.78, 5) is 0.190. The van der Waals surface area contributed by atoms with Crippen molar-refractivity contribution in [3.63, 3.8) is 0 Å². The van der Waals surface area contributed by atoms with Gasteiger partial charge in [-0.05, 0) is 31.9 Å². The van der Waals surface area contributed by atoms with E-state index in [0.29, 0.717) is 6.42 Å². The Morgan fingerprint density at radius 2 is 1.95 bits per heavy atom. The fraction of sp³-hybridized carbons (Fsp3) is 0.375. The molecule has 0 spiro atoms. The van der Waals surface area contributed by atoms with Crippen LogP contribution < -0.4 is 0 Å². The van der Waals surface area contributed by atoms with Gasteiger partial charge in [0.05, 0.1) is 11.5 Å². The second kappa shape index (κ2) is 8.02. The van der Waals surface area contributed by atoms with E-state index >= 15 is 0 Å². The minimum absolute atomic E-state index is 0.117. The van der Waals surface area contributed by atoms with Gasteiger partial charge in [-0.2, -0.15) is 8.42 Å². The van der Waals surface area contributed by atoms with Crippen molar-refractivity contribution in [2.45, 2.75) is 38.0 Å². The molecule has 0 aliphatic heterocycles. The first-order valence-electron chi connectivity index (χ1n) is 6.76. The highest BCUT2D eigenvalue weighted by molar-refractivity contribution is 7.86. The van der Waals surface area contributed by atoms with Crippen molar-refractivity contribution in [1.82, 2.24) is 0 Å². The molecule has 0 aliphatic rings. The number of aryl methyl sites for hydroxylation is 1. The van der Waals surface area contributed by atoms with E-state index in [4.69, 9.17) is 4.18 Å². The molecule has 0 aromatic heterocycles. The molecule has 0 saturated carbocycles. The van der Waals surface area contributed by atoms with E-state index in [-0.39, 0.29) is 11.5 Å². The minimum Gasteiger partial charge on any atom is -0.266 e. The van der Waals surface area contributed by atoms with Gasteiger partial charge in [-0.1, -0.05) is 55.3 Å². The number of hydrogen-bond acceptors (Lipinski definition) is 3. The molecule has 1 aromatic carbocycles. The lowest BCUT2D eigenvalue weighted by Gasteiger charge is -2.06. The first-order valence-corrected chi connectivity index (χ1v) is 8.17. The SMILES string of the molecule is C=C(/C=C/CCC)CCOS(=O)(=O)c1ccc(C)cc1. The zero-order valence-corrected chi connectivity index (χ0v) is 12.9. The predicted molar refractivity (Wildman–Crippen MR) is 82.1 cm³/mol. The van der Waals surface area contributed by atoms with Gasteiger partial charge in [0.15, 0.2) is 0 Å². The molecule has 0 saturated heterocycles. The molecule has 0 atom stereocenters. The molecule has 20 heavy (non-hydrogen) atoms. The third kappa shape index (κ3) is 5.72. The molecular weight excluding hydrogens is 272 g/mol. The Hall–Kier alpha value is -1.39. The van der Waals surface area contributed by atoms with Gasteiger partial charge in [0, 0.05) is 0 Å². The molecule has 0 N–H and O–H groups in total. The predicted octanol–water partition coefficient (Wildman–Crippen LogP) is 4.00. The number of unbranched alkanes of at least 4 members (excludes halogenated alkanes) is 1. The monoisotopic (exact) mass is 294 g/mol. The minimum atomic E-state index is -3.66. The summed E-state index contributed by atoms with van der Waals surface area (Å²) >= 11 is 0. The summed E-state index contributed by atoms with van der Waals surface area (Å²) in [5.41, 5.74) is 1.89. The summed E-state index contributed by atoms with van der Waals surface area (Å²) in [6.07, 6.45) is 6.55. The van der Waals surface area contributed by atoms with Crippen molar-refractivity contribution in [2.24, 2.45) is 0 Å². The van der Waals surface area contributed by atoms with Crippen molar-refractivity contribution in [3.05, 3.63) is 54.1 Å². The van der Waals surface area contributed by atoms with Gasteiger partial charge in [-0.15, -0.1) is 0 Å². The van der Waals surface area contributed by atoms with E-state index in [1.807, 2.05) is 19.1 Å². The largest absolute Gasteiger partial charge is 0.296 e. The highest BCUT2D eigenvalue weighted by Gasteiger charge is 2.14. The Bertz CT molecular complexity index is 554. The fourth-order valence-corrected chi connectivity index (χ4v) is 2.46. The average molecular weight is 294 g/mol. The Balaban J connectivity index is 2.48. The van der Waals surface area contributed by atoms with Gasteiger partial charge in [0.1, 0.15) is 0 Å². The lowest BCUT2D eigenvalue weighted by molar-refractivity contribution is 0.323. The maximum atomic E-state index is 11.9. The van der Waals surface area contributed by atoms with E-state index in [1.165, 1.54) is 0 Å². The molecule has 0 aliphatic carbocycles. The fourth-order valence-electron chi connectivity index (χ4n) is 1.56. The lowest BCUT2D eigenvalue weighted by atomic mass is 10.2. The van der Waals surface area contributed by atoms with Gasteiger partial charge < -0.3 is 0 Å². The molecule has 0 heterocycles. The summed E-state index contributed by atoms with van der Waals surface area (Å²) in [7, 11) is -3.66. The first-order chi connectivity index (χ1) is 9.45. The zero-order chi connectivity index (χ0) is 15.0. The zero-order valence-electron chi connectivity index (χ0n) is 12.1. The highest BCUT2D eigenvalue weighted by atomic mass is 32.2. The third-order valence-electron chi connectivity index (χ3n) is 2.78. The molecule has 110 valence electrons. The van der Waals surface area contributed by atoms with Crippen LogP contribution in [0.1, 0.15) is 31.7 Å². The van der Waals surface area contributed by atoms with E-state index in [0.717, 1.165) is 24.0 Å². The molecule has 0 fully saturated rings. The highest BCUT2D eigenvalue weighted by Crippen LogP contribution is 2.14. The van der Waals surface area contributed by atoms with Crippen molar-refractivity contribution >= 4 is 10.1 Å².